The molecule has 2 aromatic rings. The zero-order valence-electron chi connectivity index (χ0n) is 7.24. The smallest absolute Gasteiger partial charge is 0.150 e. The molecule has 0 unspecified atom stereocenters. The standard InChI is InChI=1S/C11H7FO2/c12-10-1-2-11(9(5-10)6-13)8-3-4-14-7-8/h1-7H. The highest BCUT2D eigenvalue weighted by atomic mass is 19.1. The number of halogens is 1. The Kier molecular flexibility index (Phi) is 2.14. The van der Waals surface area contributed by atoms with Gasteiger partial charge in [-0.05, 0) is 23.8 Å². The molecule has 0 saturated carbocycles. The third kappa shape index (κ3) is 1.44. The van der Waals surface area contributed by atoms with Gasteiger partial charge in [0.15, 0.2) is 6.29 Å². The number of carbonyl (C=O) groups excluding carboxylic acids is 1. The summed E-state index contributed by atoms with van der Waals surface area (Å²) in [6.45, 7) is 0. The van der Waals surface area contributed by atoms with Crippen molar-refractivity contribution < 1.29 is 13.6 Å². The number of benzene rings is 1. The van der Waals surface area contributed by atoms with Crippen LogP contribution in [0.2, 0.25) is 0 Å². The molecule has 0 saturated heterocycles. The van der Waals surface area contributed by atoms with Gasteiger partial charge >= 0.3 is 0 Å². The number of furan rings is 1. The lowest BCUT2D eigenvalue weighted by Crippen LogP contribution is -1.87. The summed E-state index contributed by atoms with van der Waals surface area (Å²) in [5.41, 5.74) is 1.77. The zero-order valence-corrected chi connectivity index (χ0v) is 7.24. The number of hydrogen-bond acceptors (Lipinski definition) is 2. The Morgan fingerprint density at radius 2 is 2.14 bits per heavy atom. The molecule has 70 valence electrons. The van der Waals surface area contributed by atoms with Crippen molar-refractivity contribution in [3.8, 4) is 11.1 Å². The zero-order chi connectivity index (χ0) is 9.97. The highest BCUT2D eigenvalue weighted by Gasteiger charge is 2.06. The van der Waals surface area contributed by atoms with Gasteiger partial charge in [-0.3, -0.25) is 4.79 Å². The maximum atomic E-state index is 12.8. The second-order valence-corrected chi connectivity index (χ2v) is 2.86. The van der Waals surface area contributed by atoms with E-state index >= 15 is 0 Å². The minimum atomic E-state index is -0.417. The molecule has 0 radical (unpaired) electrons. The molecule has 0 aliphatic rings. The van der Waals surface area contributed by atoms with E-state index in [0.717, 1.165) is 5.56 Å². The van der Waals surface area contributed by atoms with Crippen LogP contribution in [0.1, 0.15) is 10.4 Å². The largest absolute Gasteiger partial charge is 0.472 e. The minimum absolute atomic E-state index is 0.325. The van der Waals surface area contributed by atoms with Crippen LogP contribution in [-0.4, -0.2) is 6.29 Å². The molecule has 14 heavy (non-hydrogen) atoms. The van der Waals surface area contributed by atoms with E-state index in [0.29, 0.717) is 17.4 Å². The number of rotatable bonds is 2. The van der Waals surface area contributed by atoms with Crippen molar-refractivity contribution in [1.29, 1.82) is 0 Å². The Morgan fingerprint density at radius 3 is 2.79 bits per heavy atom. The van der Waals surface area contributed by atoms with E-state index in [1.807, 2.05) is 0 Å². The molecular formula is C11H7FO2. The van der Waals surface area contributed by atoms with Gasteiger partial charge in [0, 0.05) is 11.1 Å². The molecule has 0 amide bonds. The van der Waals surface area contributed by atoms with Crippen LogP contribution in [0.4, 0.5) is 4.39 Å². The van der Waals surface area contributed by atoms with Crippen molar-refractivity contribution in [3.63, 3.8) is 0 Å². The van der Waals surface area contributed by atoms with E-state index in [4.69, 9.17) is 4.42 Å². The van der Waals surface area contributed by atoms with Gasteiger partial charge in [-0.1, -0.05) is 6.07 Å². The molecule has 3 heteroatoms. The van der Waals surface area contributed by atoms with E-state index < -0.39 is 5.82 Å². The molecule has 0 bridgehead atoms. The average Bonchev–Trinajstić information content (AvgIpc) is 2.70. The Morgan fingerprint density at radius 1 is 1.29 bits per heavy atom. The molecule has 0 aliphatic carbocycles. The van der Waals surface area contributed by atoms with Gasteiger partial charge in [-0.15, -0.1) is 0 Å². The fourth-order valence-electron chi connectivity index (χ4n) is 1.31. The summed E-state index contributed by atoms with van der Waals surface area (Å²) < 4.78 is 17.7. The fourth-order valence-corrected chi connectivity index (χ4v) is 1.31. The topological polar surface area (TPSA) is 30.2 Å². The normalized spacial score (nSPS) is 10.1. The van der Waals surface area contributed by atoms with Crippen LogP contribution < -0.4 is 0 Å². The molecule has 2 nitrogen and oxygen atoms in total. The predicted molar refractivity (Wildman–Crippen MR) is 49.5 cm³/mol. The molecule has 1 aromatic carbocycles. The lowest BCUT2D eigenvalue weighted by molar-refractivity contribution is 0.112. The van der Waals surface area contributed by atoms with Crippen LogP contribution in [0.3, 0.4) is 0 Å². The molecule has 0 fully saturated rings. The molecule has 1 aromatic heterocycles. The lowest BCUT2D eigenvalue weighted by atomic mass is 10.0. The van der Waals surface area contributed by atoms with Crippen molar-refractivity contribution in [2.75, 3.05) is 0 Å². The third-order valence-corrected chi connectivity index (χ3v) is 1.97. The van der Waals surface area contributed by atoms with E-state index in [9.17, 15) is 9.18 Å². The van der Waals surface area contributed by atoms with Gasteiger partial charge < -0.3 is 4.42 Å². The molecular weight excluding hydrogens is 183 g/mol. The van der Waals surface area contributed by atoms with Crippen LogP contribution in [-0.2, 0) is 0 Å². The molecule has 0 N–H and O–H groups in total. The van der Waals surface area contributed by atoms with Gasteiger partial charge in [-0.25, -0.2) is 4.39 Å². The Labute approximate surface area is 80.0 Å². The summed E-state index contributed by atoms with van der Waals surface area (Å²) in [6, 6.07) is 5.80. The van der Waals surface area contributed by atoms with E-state index in [2.05, 4.69) is 0 Å². The Bertz CT molecular complexity index is 446. The molecule has 2 rings (SSSR count). The van der Waals surface area contributed by atoms with Gasteiger partial charge in [-0.2, -0.15) is 0 Å². The number of hydrogen-bond donors (Lipinski definition) is 0. The Hall–Kier alpha value is -1.90. The number of aldehydes is 1. The van der Waals surface area contributed by atoms with Crippen molar-refractivity contribution >= 4 is 6.29 Å². The third-order valence-electron chi connectivity index (χ3n) is 1.97. The minimum Gasteiger partial charge on any atom is -0.472 e. The number of carbonyl (C=O) groups is 1. The molecule has 0 aliphatic heterocycles. The monoisotopic (exact) mass is 190 g/mol. The van der Waals surface area contributed by atoms with Gasteiger partial charge in [0.05, 0.1) is 12.5 Å². The van der Waals surface area contributed by atoms with Gasteiger partial charge in [0.2, 0.25) is 0 Å². The average molecular weight is 190 g/mol. The predicted octanol–water partition coefficient (Wildman–Crippen LogP) is 2.90. The lowest BCUT2D eigenvalue weighted by Gasteiger charge is -2.00. The first-order valence-corrected chi connectivity index (χ1v) is 4.08. The van der Waals surface area contributed by atoms with Crippen molar-refractivity contribution in [2.45, 2.75) is 0 Å². The Balaban J connectivity index is 2.58. The maximum absolute atomic E-state index is 12.8. The van der Waals surface area contributed by atoms with Crippen molar-refractivity contribution in [3.05, 3.63) is 48.2 Å². The SMILES string of the molecule is O=Cc1cc(F)ccc1-c1ccoc1. The summed E-state index contributed by atoms with van der Waals surface area (Å²) in [7, 11) is 0. The summed E-state index contributed by atoms with van der Waals surface area (Å²) in [5.74, 6) is -0.417. The van der Waals surface area contributed by atoms with Crippen LogP contribution >= 0.6 is 0 Å². The first-order valence-electron chi connectivity index (χ1n) is 4.08. The van der Waals surface area contributed by atoms with Crippen molar-refractivity contribution in [2.24, 2.45) is 0 Å². The quantitative estimate of drug-likeness (QED) is 0.681. The summed E-state index contributed by atoms with van der Waals surface area (Å²) in [6.07, 6.45) is 3.65. The fraction of sp³-hybridized carbons (Fsp3) is 0. The van der Waals surface area contributed by atoms with Crippen LogP contribution in [0.25, 0.3) is 11.1 Å². The van der Waals surface area contributed by atoms with E-state index in [1.165, 1.54) is 24.7 Å². The highest BCUT2D eigenvalue weighted by molar-refractivity contribution is 5.87. The second kappa shape index (κ2) is 3.46. The first-order chi connectivity index (χ1) is 6.81. The summed E-state index contributed by atoms with van der Waals surface area (Å²) in [4.78, 5) is 10.7. The van der Waals surface area contributed by atoms with Crippen molar-refractivity contribution in [1.82, 2.24) is 0 Å². The maximum Gasteiger partial charge on any atom is 0.150 e. The molecule has 0 spiro atoms. The summed E-state index contributed by atoms with van der Waals surface area (Å²) >= 11 is 0. The van der Waals surface area contributed by atoms with E-state index in [-0.39, 0.29) is 0 Å². The highest BCUT2D eigenvalue weighted by Crippen LogP contribution is 2.23. The van der Waals surface area contributed by atoms with Crippen LogP contribution in [0, 0.1) is 5.82 Å². The second-order valence-electron chi connectivity index (χ2n) is 2.86. The van der Waals surface area contributed by atoms with Crippen LogP contribution in [0.5, 0.6) is 0 Å². The molecule has 1 heterocycles. The summed E-state index contributed by atoms with van der Waals surface area (Å²) in [5, 5.41) is 0. The van der Waals surface area contributed by atoms with Gasteiger partial charge in [0.1, 0.15) is 5.82 Å². The van der Waals surface area contributed by atoms with Crippen LogP contribution in [0.15, 0.2) is 41.2 Å². The van der Waals surface area contributed by atoms with Gasteiger partial charge in [0.25, 0.3) is 0 Å². The first kappa shape index (κ1) is 8.69. The molecule has 0 atom stereocenters. The van der Waals surface area contributed by atoms with E-state index in [1.54, 1.807) is 12.1 Å².